The van der Waals surface area contributed by atoms with Crippen LogP contribution >= 0.6 is 0 Å². The lowest BCUT2D eigenvalue weighted by Crippen LogP contribution is -2.20. The fourth-order valence-electron chi connectivity index (χ4n) is 1.72. The molecule has 0 unspecified atom stereocenters. The van der Waals surface area contributed by atoms with Gasteiger partial charge in [-0.1, -0.05) is 13.8 Å². The van der Waals surface area contributed by atoms with E-state index in [-0.39, 0.29) is 12.3 Å². The van der Waals surface area contributed by atoms with Gasteiger partial charge in [-0.25, -0.2) is 0 Å². The SMILES string of the molecule is CCO[C@H](O)C[C@@H](CC(=O)O)CC(C)C. The maximum Gasteiger partial charge on any atom is 0.303 e. The Bertz CT molecular complexity index is 179. The highest BCUT2D eigenvalue weighted by molar-refractivity contribution is 5.66. The number of hydrogen-bond donors (Lipinski definition) is 2. The number of aliphatic hydroxyl groups excluding tert-OH is 1. The van der Waals surface area contributed by atoms with E-state index in [4.69, 9.17) is 9.84 Å². The lowest BCUT2D eigenvalue weighted by Gasteiger charge is -2.20. The van der Waals surface area contributed by atoms with Gasteiger partial charge in [0.1, 0.15) is 0 Å². The molecule has 4 heteroatoms. The average molecular weight is 218 g/mol. The second-order valence-corrected chi connectivity index (χ2v) is 4.24. The van der Waals surface area contributed by atoms with Crippen LogP contribution in [-0.2, 0) is 9.53 Å². The summed E-state index contributed by atoms with van der Waals surface area (Å²) in [4.78, 5) is 10.6. The summed E-state index contributed by atoms with van der Waals surface area (Å²) < 4.78 is 5.00. The first-order valence-electron chi connectivity index (χ1n) is 5.47. The lowest BCUT2D eigenvalue weighted by atomic mass is 9.91. The van der Waals surface area contributed by atoms with Gasteiger partial charge in [0.05, 0.1) is 0 Å². The first kappa shape index (κ1) is 14.4. The van der Waals surface area contributed by atoms with Crippen LogP contribution in [0.4, 0.5) is 0 Å². The summed E-state index contributed by atoms with van der Waals surface area (Å²) in [5.74, 6) is -0.392. The zero-order valence-electron chi connectivity index (χ0n) is 9.77. The molecule has 2 atom stereocenters. The monoisotopic (exact) mass is 218 g/mol. The minimum absolute atomic E-state index is 0.0101. The molecule has 0 saturated heterocycles. The Labute approximate surface area is 91.3 Å². The highest BCUT2D eigenvalue weighted by Crippen LogP contribution is 2.21. The maximum atomic E-state index is 10.6. The van der Waals surface area contributed by atoms with E-state index in [2.05, 4.69) is 0 Å². The van der Waals surface area contributed by atoms with Crippen molar-refractivity contribution in [1.29, 1.82) is 0 Å². The van der Waals surface area contributed by atoms with Gasteiger partial charge in [0, 0.05) is 19.4 Å². The highest BCUT2D eigenvalue weighted by atomic mass is 16.6. The molecule has 0 amide bonds. The molecular weight excluding hydrogens is 196 g/mol. The molecule has 0 rings (SSSR count). The molecule has 0 aliphatic carbocycles. The van der Waals surface area contributed by atoms with Crippen LogP contribution in [0.15, 0.2) is 0 Å². The molecular formula is C11H22O4. The standard InChI is InChI=1S/C11H22O4/c1-4-15-11(14)7-9(5-8(2)3)6-10(12)13/h8-9,11,14H,4-7H2,1-3H3,(H,12,13)/t9-,11+/m1/s1. The first-order chi connectivity index (χ1) is 6.95. The van der Waals surface area contributed by atoms with Crippen LogP contribution in [0.5, 0.6) is 0 Å². The van der Waals surface area contributed by atoms with Gasteiger partial charge in [0.25, 0.3) is 0 Å². The fraction of sp³-hybridized carbons (Fsp3) is 0.909. The van der Waals surface area contributed by atoms with Crippen molar-refractivity contribution in [2.75, 3.05) is 6.61 Å². The van der Waals surface area contributed by atoms with Gasteiger partial charge in [0.15, 0.2) is 6.29 Å². The van der Waals surface area contributed by atoms with Gasteiger partial charge in [-0.3, -0.25) is 4.79 Å². The summed E-state index contributed by atoms with van der Waals surface area (Å²) in [5.41, 5.74) is 0. The van der Waals surface area contributed by atoms with E-state index in [1.807, 2.05) is 13.8 Å². The molecule has 0 heterocycles. The van der Waals surface area contributed by atoms with E-state index in [1.165, 1.54) is 0 Å². The summed E-state index contributed by atoms with van der Waals surface area (Å²) in [6.07, 6.45) is 0.468. The number of carboxylic acid groups (broad SMARTS) is 1. The number of ether oxygens (including phenoxy) is 1. The predicted molar refractivity (Wildman–Crippen MR) is 57.4 cm³/mol. The second-order valence-electron chi connectivity index (χ2n) is 4.24. The molecule has 0 bridgehead atoms. The van der Waals surface area contributed by atoms with E-state index in [9.17, 15) is 9.90 Å². The van der Waals surface area contributed by atoms with Gasteiger partial charge in [-0.05, 0) is 25.2 Å². The molecule has 0 fully saturated rings. The molecule has 4 nitrogen and oxygen atoms in total. The molecule has 90 valence electrons. The van der Waals surface area contributed by atoms with Crippen LogP contribution in [-0.4, -0.2) is 29.1 Å². The third-order valence-electron chi connectivity index (χ3n) is 2.16. The molecule has 0 aromatic heterocycles. The number of aliphatic carboxylic acids is 1. The molecule has 0 spiro atoms. The fourth-order valence-corrected chi connectivity index (χ4v) is 1.72. The summed E-state index contributed by atoms with van der Waals surface area (Å²) in [7, 11) is 0. The van der Waals surface area contributed by atoms with Crippen molar-refractivity contribution >= 4 is 5.97 Å². The van der Waals surface area contributed by atoms with Crippen molar-refractivity contribution in [2.24, 2.45) is 11.8 Å². The van der Waals surface area contributed by atoms with Crippen molar-refractivity contribution in [2.45, 2.75) is 46.3 Å². The van der Waals surface area contributed by atoms with Crippen LogP contribution in [0.1, 0.15) is 40.0 Å². The van der Waals surface area contributed by atoms with Crippen LogP contribution < -0.4 is 0 Å². The topological polar surface area (TPSA) is 66.8 Å². The third kappa shape index (κ3) is 8.39. The molecule has 0 saturated carbocycles. The van der Waals surface area contributed by atoms with Crippen molar-refractivity contribution in [3.8, 4) is 0 Å². The third-order valence-corrected chi connectivity index (χ3v) is 2.16. The number of rotatable bonds is 8. The molecule has 15 heavy (non-hydrogen) atoms. The van der Waals surface area contributed by atoms with Gasteiger partial charge in [-0.15, -0.1) is 0 Å². The Morgan fingerprint density at radius 2 is 1.93 bits per heavy atom. The Hall–Kier alpha value is -0.610. The molecule has 0 aliphatic heterocycles. The van der Waals surface area contributed by atoms with Crippen LogP contribution in [0.3, 0.4) is 0 Å². The van der Waals surface area contributed by atoms with Crippen molar-refractivity contribution in [1.82, 2.24) is 0 Å². The lowest BCUT2D eigenvalue weighted by molar-refractivity contribution is -0.140. The molecule has 2 N–H and O–H groups in total. The Morgan fingerprint density at radius 3 is 2.33 bits per heavy atom. The van der Waals surface area contributed by atoms with E-state index in [1.54, 1.807) is 6.92 Å². The van der Waals surface area contributed by atoms with Crippen LogP contribution in [0.2, 0.25) is 0 Å². The Balaban J connectivity index is 4.04. The normalized spacial score (nSPS) is 15.3. The smallest absolute Gasteiger partial charge is 0.303 e. The van der Waals surface area contributed by atoms with Crippen molar-refractivity contribution in [3.05, 3.63) is 0 Å². The summed E-state index contributed by atoms with van der Waals surface area (Å²) in [5, 5.41) is 18.1. The van der Waals surface area contributed by atoms with Gasteiger partial charge in [-0.2, -0.15) is 0 Å². The zero-order chi connectivity index (χ0) is 11.8. The molecule has 0 aromatic rings. The first-order valence-corrected chi connectivity index (χ1v) is 5.47. The Morgan fingerprint density at radius 1 is 1.33 bits per heavy atom. The van der Waals surface area contributed by atoms with Gasteiger partial charge in [0.2, 0.25) is 0 Å². The minimum atomic E-state index is -0.835. The van der Waals surface area contributed by atoms with Crippen molar-refractivity contribution in [3.63, 3.8) is 0 Å². The van der Waals surface area contributed by atoms with E-state index in [0.717, 1.165) is 6.42 Å². The van der Waals surface area contributed by atoms with Gasteiger partial charge >= 0.3 is 5.97 Å². The largest absolute Gasteiger partial charge is 0.481 e. The predicted octanol–water partition coefficient (Wildman–Crippen LogP) is 1.87. The molecule has 0 radical (unpaired) electrons. The number of carbonyl (C=O) groups is 1. The maximum absolute atomic E-state index is 10.6. The van der Waals surface area contributed by atoms with Crippen molar-refractivity contribution < 1.29 is 19.7 Å². The van der Waals surface area contributed by atoms with E-state index >= 15 is 0 Å². The average Bonchev–Trinajstić information content (AvgIpc) is 2.00. The number of carboxylic acids is 1. The quantitative estimate of drug-likeness (QED) is 0.610. The van der Waals surface area contributed by atoms with E-state index < -0.39 is 12.3 Å². The minimum Gasteiger partial charge on any atom is -0.481 e. The number of aliphatic hydroxyl groups is 1. The summed E-state index contributed by atoms with van der Waals surface area (Å²) >= 11 is 0. The van der Waals surface area contributed by atoms with Crippen LogP contribution in [0, 0.1) is 11.8 Å². The highest BCUT2D eigenvalue weighted by Gasteiger charge is 2.18. The molecule has 0 aliphatic rings. The molecule has 0 aromatic carbocycles. The van der Waals surface area contributed by atoms with E-state index in [0.29, 0.717) is 18.9 Å². The summed E-state index contributed by atoms with van der Waals surface area (Å²) in [6, 6.07) is 0. The Kier molecular flexibility index (Phi) is 7.34. The summed E-state index contributed by atoms with van der Waals surface area (Å²) in [6.45, 7) is 6.34. The zero-order valence-corrected chi connectivity index (χ0v) is 9.77. The number of hydrogen-bond acceptors (Lipinski definition) is 3. The van der Waals surface area contributed by atoms with Gasteiger partial charge < -0.3 is 14.9 Å². The van der Waals surface area contributed by atoms with Crippen LogP contribution in [0.25, 0.3) is 0 Å². The second kappa shape index (κ2) is 7.65.